The largest absolute Gasteiger partial charge is 0.338 e. The van der Waals surface area contributed by atoms with E-state index in [1.165, 1.54) is 12.8 Å². The molecular formula is C21H31N5O. The van der Waals surface area contributed by atoms with Gasteiger partial charge >= 0.3 is 0 Å². The number of hydrogen-bond acceptors (Lipinski definition) is 4. The third-order valence-corrected chi connectivity index (χ3v) is 6.30. The van der Waals surface area contributed by atoms with Gasteiger partial charge in [-0.3, -0.25) is 9.69 Å². The maximum Gasteiger partial charge on any atom is 0.224 e. The van der Waals surface area contributed by atoms with Crippen molar-refractivity contribution in [2.75, 3.05) is 20.1 Å². The Labute approximate surface area is 161 Å². The van der Waals surface area contributed by atoms with Gasteiger partial charge in [-0.15, -0.1) is 0 Å². The van der Waals surface area contributed by atoms with Crippen molar-refractivity contribution in [1.29, 1.82) is 0 Å². The summed E-state index contributed by atoms with van der Waals surface area (Å²) in [5.74, 6) is 1.95. The summed E-state index contributed by atoms with van der Waals surface area (Å²) in [7, 11) is 3.91. The number of aryl methyl sites for hydroxylation is 1. The Balaban J connectivity index is 1.40. The van der Waals surface area contributed by atoms with Crippen LogP contribution < -0.4 is 5.73 Å². The molecule has 1 aliphatic carbocycles. The highest BCUT2D eigenvalue weighted by atomic mass is 16.2. The van der Waals surface area contributed by atoms with Crippen LogP contribution in [0, 0.1) is 5.92 Å². The van der Waals surface area contributed by atoms with E-state index in [0.717, 1.165) is 42.2 Å². The molecule has 1 saturated heterocycles. The molecule has 4 rings (SSSR count). The third kappa shape index (κ3) is 3.87. The quantitative estimate of drug-likeness (QED) is 0.812. The normalized spacial score (nSPS) is 23.2. The van der Waals surface area contributed by atoms with Gasteiger partial charge in [0.05, 0.1) is 17.6 Å². The summed E-state index contributed by atoms with van der Waals surface area (Å²) >= 11 is 0. The number of nitrogens with zero attached hydrogens (tertiary/aromatic N) is 4. The Hall–Kier alpha value is -1.92. The number of carbonyl (C=O) groups is 1. The van der Waals surface area contributed by atoms with E-state index in [2.05, 4.69) is 15.5 Å². The molecular weight excluding hydrogens is 338 g/mol. The van der Waals surface area contributed by atoms with Gasteiger partial charge in [0.15, 0.2) is 0 Å². The van der Waals surface area contributed by atoms with E-state index in [9.17, 15) is 4.79 Å². The molecule has 146 valence electrons. The average Bonchev–Trinajstić information content (AvgIpc) is 3.34. The molecule has 2 aromatic rings. The molecule has 1 amide bonds. The smallest absolute Gasteiger partial charge is 0.224 e. The lowest BCUT2D eigenvalue weighted by Crippen LogP contribution is -2.43. The second kappa shape index (κ2) is 7.60. The second-order valence-corrected chi connectivity index (χ2v) is 8.29. The summed E-state index contributed by atoms with van der Waals surface area (Å²) in [5, 5.41) is 0. The fourth-order valence-corrected chi connectivity index (χ4v) is 4.38. The first-order chi connectivity index (χ1) is 13.1. The predicted molar refractivity (Wildman–Crippen MR) is 107 cm³/mol. The van der Waals surface area contributed by atoms with Gasteiger partial charge in [-0.05, 0) is 43.7 Å². The number of aromatic nitrogens is 2. The first-order valence-electron chi connectivity index (χ1n) is 10.2. The van der Waals surface area contributed by atoms with Gasteiger partial charge in [0, 0.05) is 45.7 Å². The number of nitrogens with two attached hydrogens (primary N) is 1. The minimum Gasteiger partial charge on any atom is -0.338 e. The summed E-state index contributed by atoms with van der Waals surface area (Å²) in [6, 6.07) is 8.89. The number of hydrogen-bond donors (Lipinski definition) is 1. The highest BCUT2D eigenvalue weighted by molar-refractivity contribution is 5.77. The summed E-state index contributed by atoms with van der Waals surface area (Å²) < 4.78 is 2.08. The Morgan fingerprint density at radius 1 is 1.22 bits per heavy atom. The maximum absolute atomic E-state index is 12.9. The van der Waals surface area contributed by atoms with Gasteiger partial charge in [-0.1, -0.05) is 12.1 Å². The van der Waals surface area contributed by atoms with E-state index >= 15 is 0 Å². The summed E-state index contributed by atoms with van der Waals surface area (Å²) in [6.07, 6.45) is 5.46. The van der Waals surface area contributed by atoms with E-state index in [1.807, 2.05) is 37.2 Å². The van der Waals surface area contributed by atoms with E-state index < -0.39 is 0 Å². The monoisotopic (exact) mass is 369 g/mol. The van der Waals surface area contributed by atoms with Crippen LogP contribution in [0.25, 0.3) is 11.0 Å². The fourth-order valence-electron chi connectivity index (χ4n) is 4.38. The Bertz CT molecular complexity index is 812. The average molecular weight is 370 g/mol. The molecule has 0 unspecified atom stereocenters. The summed E-state index contributed by atoms with van der Waals surface area (Å²) in [6.45, 7) is 2.36. The molecule has 1 aromatic carbocycles. The van der Waals surface area contributed by atoms with Crippen LogP contribution in [-0.4, -0.2) is 57.5 Å². The predicted octanol–water partition coefficient (Wildman–Crippen LogP) is 2.12. The fraction of sp³-hybridized carbons (Fsp3) is 0.619. The molecule has 6 heteroatoms. The van der Waals surface area contributed by atoms with E-state index in [1.54, 1.807) is 0 Å². The first kappa shape index (κ1) is 18.4. The van der Waals surface area contributed by atoms with Gasteiger partial charge in [0.1, 0.15) is 5.82 Å². The number of imidazole rings is 1. The lowest BCUT2D eigenvalue weighted by molar-refractivity contribution is -0.131. The molecule has 6 nitrogen and oxygen atoms in total. The van der Waals surface area contributed by atoms with Crippen molar-refractivity contribution in [2.24, 2.45) is 18.7 Å². The number of benzene rings is 1. The number of fused-ring (bicyclic) bond motifs is 1. The second-order valence-electron chi connectivity index (χ2n) is 8.29. The van der Waals surface area contributed by atoms with Crippen LogP contribution in [-0.2, 0) is 18.4 Å². The molecule has 2 N–H and O–H groups in total. The third-order valence-electron chi connectivity index (χ3n) is 6.30. The van der Waals surface area contributed by atoms with Gasteiger partial charge in [0.25, 0.3) is 0 Å². The molecule has 1 aliphatic heterocycles. The molecule has 2 aliphatic rings. The SMILES string of the molecule is CN(Cc1nc2ccccc2n1C)C(=O)C[C@@H]1CC[C@H](CN)N1CC1CC1. The zero-order valence-corrected chi connectivity index (χ0v) is 16.5. The molecule has 0 spiro atoms. The van der Waals surface area contributed by atoms with Gasteiger partial charge in [0.2, 0.25) is 5.91 Å². The lowest BCUT2D eigenvalue weighted by atomic mass is 10.1. The highest BCUT2D eigenvalue weighted by Gasteiger charge is 2.37. The van der Waals surface area contributed by atoms with E-state index in [0.29, 0.717) is 31.6 Å². The molecule has 1 aromatic heterocycles. The number of carbonyl (C=O) groups excluding carboxylic acids is 1. The summed E-state index contributed by atoms with van der Waals surface area (Å²) in [5.41, 5.74) is 8.06. The van der Waals surface area contributed by atoms with Crippen LogP contribution in [0.2, 0.25) is 0 Å². The van der Waals surface area contributed by atoms with E-state index in [-0.39, 0.29) is 5.91 Å². The van der Waals surface area contributed by atoms with E-state index in [4.69, 9.17) is 10.7 Å². The Kier molecular flexibility index (Phi) is 5.19. The minimum absolute atomic E-state index is 0.200. The minimum atomic E-state index is 0.200. The van der Waals surface area contributed by atoms with Gasteiger partial charge in [-0.2, -0.15) is 0 Å². The molecule has 0 bridgehead atoms. The van der Waals surface area contributed by atoms with Crippen LogP contribution >= 0.6 is 0 Å². The molecule has 27 heavy (non-hydrogen) atoms. The van der Waals surface area contributed by atoms with Crippen molar-refractivity contribution in [3.05, 3.63) is 30.1 Å². The first-order valence-corrected chi connectivity index (χ1v) is 10.2. The number of rotatable bonds is 7. The van der Waals surface area contributed by atoms with Crippen LogP contribution in [0.5, 0.6) is 0 Å². The van der Waals surface area contributed by atoms with Crippen molar-refractivity contribution in [3.63, 3.8) is 0 Å². The summed E-state index contributed by atoms with van der Waals surface area (Å²) in [4.78, 5) is 22.0. The topological polar surface area (TPSA) is 67.4 Å². The Morgan fingerprint density at radius 2 is 1.96 bits per heavy atom. The number of amides is 1. The van der Waals surface area contributed by atoms with Crippen molar-refractivity contribution >= 4 is 16.9 Å². The zero-order valence-electron chi connectivity index (χ0n) is 16.5. The zero-order chi connectivity index (χ0) is 19.0. The van der Waals surface area contributed by atoms with Crippen LogP contribution in [0.3, 0.4) is 0 Å². The molecule has 2 atom stereocenters. The molecule has 2 fully saturated rings. The van der Waals surface area contributed by atoms with Crippen molar-refractivity contribution in [1.82, 2.24) is 19.4 Å². The molecule has 0 radical (unpaired) electrons. The van der Waals surface area contributed by atoms with Crippen LogP contribution in [0.4, 0.5) is 0 Å². The Morgan fingerprint density at radius 3 is 2.67 bits per heavy atom. The van der Waals surface area contributed by atoms with Gasteiger partial charge < -0.3 is 15.2 Å². The van der Waals surface area contributed by atoms with Gasteiger partial charge in [-0.25, -0.2) is 4.98 Å². The number of likely N-dealkylation sites (tertiary alicyclic amines) is 1. The number of para-hydroxylation sites is 2. The molecule has 2 heterocycles. The molecule has 1 saturated carbocycles. The highest BCUT2D eigenvalue weighted by Crippen LogP contribution is 2.35. The van der Waals surface area contributed by atoms with Crippen molar-refractivity contribution in [3.8, 4) is 0 Å². The van der Waals surface area contributed by atoms with Crippen molar-refractivity contribution in [2.45, 2.75) is 50.7 Å². The lowest BCUT2D eigenvalue weighted by Gasteiger charge is -2.30. The van der Waals surface area contributed by atoms with Crippen LogP contribution in [0.1, 0.15) is 37.9 Å². The maximum atomic E-state index is 12.9. The van der Waals surface area contributed by atoms with Crippen LogP contribution in [0.15, 0.2) is 24.3 Å². The standard InChI is InChI=1S/C21H31N5O/c1-24(14-20-23-18-5-3-4-6-19(18)25(20)2)21(27)11-16-9-10-17(12-22)26(16)13-15-7-8-15/h3-6,15-17H,7-14,22H2,1-2H3/t16-,17+/m0/s1. The van der Waals surface area contributed by atoms with Crippen molar-refractivity contribution < 1.29 is 4.79 Å².